The van der Waals surface area contributed by atoms with Gasteiger partial charge in [0.25, 0.3) is 0 Å². The molecule has 0 aliphatic rings. The molecular formula is C17H23FN4O2. The molecule has 0 fully saturated rings. The van der Waals surface area contributed by atoms with E-state index in [-0.39, 0.29) is 30.4 Å². The molecule has 0 bridgehead atoms. The first kappa shape index (κ1) is 17.9. The van der Waals surface area contributed by atoms with Gasteiger partial charge in [0, 0.05) is 24.4 Å². The molecule has 0 spiro atoms. The fourth-order valence-electron chi connectivity index (χ4n) is 2.44. The van der Waals surface area contributed by atoms with Gasteiger partial charge in [0.1, 0.15) is 5.82 Å². The summed E-state index contributed by atoms with van der Waals surface area (Å²) >= 11 is 0. The molecule has 2 aromatic rings. The lowest BCUT2D eigenvalue weighted by Gasteiger charge is -2.21. The number of anilines is 1. The highest BCUT2D eigenvalue weighted by Gasteiger charge is 2.16. The van der Waals surface area contributed by atoms with E-state index in [4.69, 9.17) is 5.11 Å². The van der Waals surface area contributed by atoms with Gasteiger partial charge in [-0.3, -0.25) is 5.32 Å². The Labute approximate surface area is 140 Å². The van der Waals surface area contributed by atoms with E-state index in [1.807, 2.05) is 20.8 Å². The molecule has 0 saturated heterocycles. The van der Waals surface area contributed by atoms with Crippen LogP contribution in [0.4, 0.5) is 15.0 Å². The Balaban J connectivity index is 2.08. The van der Waals surface area contributed by atoms with E-state index in [0.29, 0.717) is 17.9 Å². The van der Waals surface area contributed by atoms with Gasteiger partial charge in [-0.1, -0.05) is 19.9 Å². The topological polar surface area (TPSA) is 79.2 Å². The summed E-state index contributed by atoms with van der Waals surface area (Å²) in [6.45, 7) is 5.78. The molecule has 1 unspecified atom stereocenters. The molecule has 0 aliphatic heterocycles. The number of amides is 2. The van der Waals surface area contributed by atoms with Crippen molar-refractivity contribution < 1.29 is 14.3 Å². The zero-order valence-corrected chi connectivity index (χ0v) is 14.1. The first-order valence-electron chi connectivity index (χ1n) is 7.91. The van der Waals surface area contributed by atoms with Crippen molar-refractivity contribution in [3.8, 4) is 5.69 Å². The van der Waals surface area contributed by atoms with Crippen molar-refractivity contribution in [1.29, 1.82) is 0 Å². The van der Waals surface area contributed by atoms with Crippen LogP contribution in [0.2, 0.25) is 0 Å². The summed E-state index contributed by atoms with van der Waals surface area (Å²) in [4.78, 5) is 12.1. The molecule has 0 radical (unpaired) electrons. The summed E-state index contributed by atoms with van der Waals surface area (Å²) in [5.74, 6) is 0.230. The van der Waals surface area contributed by atoms with Gasteiger partial charge in [0.05, 0.1) is 5.69 Å². The zero-order valence-electron chi connectivity index (χ0n) is 14.1. The van der Waals surface area contributed by atoms with E-state index < -0.39 is 0 Å². The monoisotopic (exact) mass is 334 g/mol. The number of carbonyl (C=O) groups excluding carboxylic acids is 1. The standard InChI is InChI=1S/C17H23FN4O2/c1-11(2)15(7-8-23)19-17(24)20-16-9-12(3)22(21-16)14-6-4-5-13(18)10-14/h4-6,9-11,15,23H,7-8H2,1-3H3,(H2,19,20,21,24). The molecule has 3 N–H and O–H groups in total. The van der Waals surface area contributed by atoms with Crippen LogP contribution >= 0.6 is 0 Å². The number of rotatable bonds is 6. The van der Waals surface area contributed by atoms with Gasteiger partial charge >= 0.3 is 6.03 Å². The molecule has 0 saturated carbocycles. The maximum absolute atomic E-state index is 13.4. The van der Waals surface area contributed by atoms with Crippen molar-refractivity contribution in [2.24, 2.45) is 5.92 Å². The van der Waals surface area contributed by atoms with Crippen LogP contribution in [0.25, 0.3) is 5.69 Å². The van der Waals surface area contributed by atoms with Crippen LogP contribution in [0.3, 0.4) is 0 Å². The summed E-state index contributed by atoms with van der Waals surface area (Å²) in [6, 6.07) is 7.28. The minimum Gasteiger partial charge on any atom is -0.396 e. The number of nitrogens with one attached hydrogen (secondary N) is 2. The quantitative estimate of drug-likeness (QED) is 0.760. The van der Waals surface area contributed by atoms with Crippen molar-refractivity contribution in [2.45, 2.75) is 33.2 Å². The number of aliphatic hydroxyl groups excluding tert-OH is 1. The van der Waals surface area contributed by atoms with Gasteiger partial charge in [0.2, 0.25) is 0 Å². The van der Waals surface area contributed by atoms with Crippen LogP contribution in [0.15, 0.2) is 30.3 Å². The third-order valence-corrected chi connectivity index (χ3v) is 3.74. The average Bonchev–Trinajstić information content (AvgIpc) is 2.87. The SMILES string of the molecule is Cc1cc(NC(=O)NC(CCO)C(C)C)nn1-c1cccc(F)c1. The van der Waals surface area contributed by atoms with Gasteiger partial charge < -0.3 is 10.4 Å². The Morgan fingerprint density at radius 3 is 2.75 bits per heavy atom. The Bertz CT molecular complexity index is 700. The third kappa shape index (κ3) is 4.55. The Morgan fingerprint density at radius 1 is 1.38 bits per heavy atom. The number of hydrogen-bond donors (Lipinski definition) is 3. The fourth-order valence-corrected chi connectivity index (χ4v) is 2.44. The predicted molar refractivity (Wildman–Crippen MR) is 90.7 cm³/mol. The zero-order chi connectivity index (χ0) is 17.7. The molecular weight excluding hydrogens is 311 g/mol. The molecule has 1 atom stereocenters. The number of urea groups is 1. The predicted octanol–water partition coefficient (Wildman–Crippen LogP) is 2.85. The van der Waals surface area contributed by atoms with E-state index in [0.717, 1.165) is 5.69 Å². The van der Waals surface area contributed by atoms with Gasteiger partial charge in [0.15, 0.2) is 5.82 Å². The van der Waals surface area contributed by atoms with Crippen LogP contribution in [0.5, 0.6) is 0 Å². The summed E-state index contributed by atoms with van der Waals surface area (Å²) in [5.41, 5.74) is 1.35. The smallest absolute Gasteiger partial charge is 0.320 e. The summed E-state index contributed by atoms with van der Waals surface area (Å²) < 4.78 is 14.9. The first-order chi connectivity index (χ1) is 11.4. The molecule has 1 heterocycles. The Hall–Kier alpha value is -2.41. The number of aromatic nitrogens is 2. The highest BCUT2D eigenvalue weighted by molar-refractivity contribution is 5.88. The summed E-state index contributed by atoms with van der Waals surface area (Å²) in [7, 11) is 0. The normalized spacial score (nSPS) is 12.2. The van der Waals surface area contributed by atoms with Gasteiger partial charge in [-0.25, -0.2) is 13.9 Å². The van der Waals surface area contributed by atoms with Crippen LogP contribution in [0, 0.1) is 18.7 Å². The summed E-state index contributed by atoms with van der Waals surface area (Å²) in [6.07, 6.45) is 0.488. The third-order valence-electron chi connectivity index (χ3n) is 3.74. The van der Waals surface area contributed by atoms with Crippen molar-refractivity contribution in [2.75, 3.05) is 11.9 Å². The van der Waals surface area contributed by atoms with Crippen LogP contribution < -0.4 is 10.6 Å². The van der Waals surface area contributed by atoms with Gasteiger partial charge in [-0.15, -0.1) is 5.10 Å². The second-order valence-electron chi connectivity index (χ2n) is 6.02. The van der Waals surface area contributed by atoms with E-state index >= 15 is 0 Å². The number of nitrogens with zero attached hydrogens (tertiary/aromatic N) is 2. The number of hydrogen-bond acceptors (Lipinski definition) is 3. The lowest BCUT2D eigenvalue weighted by atomic mass is 10.0. The molecule has 24 heavy (non-hydrogen) atoms. The highest BCUT2D eigenvalue weighted by Crippen LogP contribution is 2.16. The largest absolute Gasteiger partial charge is 0.396 e. The highest BCUT2D eigenvalue weighted by atomic mass is 19.1. The lowest BCUT2D eigenvalue weighted by Crippen LogP contribution is -2.41. The molecule has 0 aliphatic carbocycles. The number of carbonyl (C=O) groups is 1. The fraction of sp³-hybridized carbons (Fsp3) is 0.412. The molecule has 1 aromatic heterocycles. The van der Waals surface area contributed by atoms with Crippen LogP contribution in [-0.2, 0) is 0 Å². The number of aliphatic hydroxyl groups is 1. The summed E-state index contributed by atoms with van der Waals surface area (Å²) in [5, 5.41) is 18.8. The van der Waals surface area contributed by atoms with Crippen molar-refractivity contribution in [3.05, 3.63) is 41.8 Å². The van der Waals surface area contributed by atoms with E-state index in [9.17, 15) is 9.18 Å². The minimum atomic E-state index is -0.383. The molecule has 7 heteroatoms. The molecule has 6 nitrogen and oxygen atoms in total. The number of benzene rings is 1. The number of aryl methyl sites for hydroxylation is 1. The van der Waals surface area contributed by atoms with Gasteiger partial charge in [-0.2, -0.15) is 0 Å². The van der Waals surface area contributed by atoms with Crippen LogP contribution in [0.1, 0.15) is 26.0 Å². The second-order valence-corrected chi connectivity index (χ2v) is 6.02. The maximum atomic E-state index is 13.4. The molecule has 130 valence electrons. The van der Waals surface area contributed by atoms with E-state index in [2.05, 4.69) is 15.7 Å². The first-order valence-corrected chi connectivity index (χ1v) is 7.91. The molecule has 2 amide bonds. The lowest BCUT2D eigenvalue weighted by molar-refractivity contribution is 0.227. The molecule has 1 aromatic carbocycles. The average molecular weight is 334 g/mol. The van der Waals surface area contributed by atoms with Crippen molar-refractivity contribution in [3.63, 3.8) is 0 Å². The second kappa shape index (κ2) is 7.92. The van der Waals surface area contributed by atoms with Crippen molar-refractivity contribution in [1.82, 2.24) is 15.1 Å². The Kier molecular flexibility index (Phi) is 5.92. The van der Waals surface area contributed by atoms with E-state index in [1.165, 1.54) is 12.1 Å². The van der Waals surface area contributed by atoms with Gasteiger partial charge in [-0.05, 0) is 37.5 Å². The molecule has 2 rings (SSSR count). The van der Waals surface area contributed by atoms with E-state index in [1.54, 1.807) is 22.9 Å². The maximum Gasteiger partial charge on any atom is 0.320 e. The van der Waals surface area contributed by atoms with Crippen molar-refractivity contribution >= 4 is 11.8 Å². The minimum absolute atomic E-state index is 0.0104. The number of halogens is 1. The van der Waals surface area contributed by atoms with Crippen LogP contribution in [-0.4, -0.2) is 33.6 Å². The Morgan fingerprint density at radius 2 is 2.12 bits per heavy atom.